The summed E-state index contributed by atoms with van der Waals surface area (Å²) in [6, 6.07) is 0. The second kappa shape index (κ2) is 4.75. The number of carbonyl (C=O) groups excluding carboxylic acids is 1. The molecule has 0 spiro atoms. The van der Waals surface area contributed by atoms with E-state index in [-0.39, 0.29) is 5.97 Å². The van der Waals surface area contributed by atoms with Crippen molar-refractivity contribution < 1.29 is 9.53 Å². The maximum atomic E-state index is 11.7. The quantitative estimate of drug-likeness (QED) is 0.662. The third-order valence-corrected chi connectivity index (χ3v) is 2.66. The number of hydrogen-bond donors (Lipinski definition) is 1. The van der Waals surface area contributed by atoms with Crippen LogP contribution in [-0.2, 0) is 9.53 Å². The standard InChI is InChI=1S/C10H20N2O2/c1-12(2)8-10(9(13)14-3)6-4-5-7-11-10/h11H,4-8H2,1-3H3. The van der Waals surface area contributed by atoms with Crippen LogP contribution < -0.4 is 5.32 Å². The lowest BCUT2D eigenvalue weighted by molar-refractivity contribution is -0.150. The molecule has 0 aromatic heterocycles. The first kappa shape index (κ1) is 11.5. The van der Waals surface area contributed by atoms with Crippen LogP contribution in [0, 0.1) is 0 Å². The molecule has 1 N–H and O–H groups in total. The van der Waals surface area contributed by atoms with Gasteiger partial charge >= 0.3 is 5.97 Å². The Bertz CT molecular complexity index is 198. The van der Waals surface area contributed by atoms with Crippen LogP contribution >= 0.6 is 0 Å². The Balaban J connectivity index is 2.71. The Morgan fingerprint density at radius 3 is 2.64 bits per heavy atom. The number of piperidine rings is 1. The molecular formula is C10H20N2O2. The van der Waals surface area contributed by atoms with Crippen molar-refractivity contribution in [1.82, 2.24) is 10.2 Å². The summed E-state index contributed by atoms with van der Waals surface area (Å²) in [6.07, 6.45) is 3.11. The summed E-state index contributed by atoms with van der Waals surface area (Å²) in [5, 5.41) is 3.30. The average molecular weight is 200 g/mol. The van der Waals surface area contributed by atoms with E-state index in [1.165, 1.54) is 7.11 Å². The Morgan fingerprint density at radius 1 is 1.50 bits per heavy atom. The monoisotopic (exact) mass is 200 g/mol. The highest BCUT2D eigenvalue weighted by Crippen LogP contribution is 2.21. The number of nitrogens with one attached hydrogen (secondary N) is 1. The molecule has 1 fully saturated rings. The highest BCUT2D eigenvalue weighted by Gasteiger charge is 2.40. The molecule has 0 aromatic carbocycles. The van der Waals surface area contributed by atoms with E-state index in [1.54, 1.807) is 0 Å². The van der Waals surface area contributed by atoms with Crippen molar-refractivity contribution in [2.45, 2.75) is 24.8 Å². The molecule has 14 heavy (non-hydrogen) atoms. The molecule has 1 aliphatic heterocycles. The molecule has 0 aliphatic carbocycles. The maximum Gasteiger partial charge on any atom is 0.327 e. The van der Waals surface area contributed by atoms with E-state index in [2.05, 4.69) is 5.32 Å². The van der Waals surface area contributed by atoms with Crippen LogP contribution in [-0.4, -0.2) is 50.7 Å². The van der Waals surface area contributed by atoms with Crippen molar-refractivity contribution in [3.05, 3.63) is 0 Å². The van der Waals surface area contributed by atoms with Gasteiger partial charge in [-0.2, -0.15) is 0 Å². The summed E-state index contributed by atoms with van der Waals surface area (Å²) < 4.78 is 4.87. The molecule has 0 bridgehead atoms. The fraction of sp³-hybridized carbons (Fsp3) is 0.900. The van der Waals surface area contributed by atoms with Gasteiger partial charge in [0, 0.05) is 6.54 Å². The van der Waals surface area contributed by atoms with E-state index in [0.717, 1.165) is 25.8 Å². The lowest BCUT2D eigenvalue weighted by atomic mass is 9.88. The largest absolute Gasteiger partial charge is 0.468 e. The molecule has 0 radical (unpaired) electrons. The van der Waals surface area contributed by atoms with E-state index >= 15 is 0 Å². The average Bonchev–Trinajstić information content (AvgIpc) is 2.17. The molecule has 1 heterocycles. The van der Waals surface area contributed by atoms with Crippen LogP contribution in [0.3, 0.4) is 0 Å². The first-order chi connectivity index (χ1) is 6.60. The summed E-state index contributed by atoms with van der Waals surface area (Å²) in [7, 11) is 5.40. The fourth-order valence-corrected chi connectivity index (χ4v) is 2.08. The molecule has 1 rings (SSSR count). The summed E-state index contributed by atoms with van der Waals surface area (Å²) in [4.78, 5) is 13.7. The van der Waals surface area contributed by atoms with Gasteiger partial charge in [-0.25, -0.2) is 0 Å². The van der Waals surface area contributed by atoms with Crippen LogP contribution in [0.2, 0.25) is 0 Å². The zero-order chi connectivity index (χ0) is 10.6. The van der Waals surface area contributed by atoms with Gasteiger partial charge in [0.2, 0.25) is 0 Å². The minimum Gasteiger partial charge on any atom is -0.468 e. The van der Waals surface area contributed by atoms with Crippen molar-refractivity contribution in [3.63, 3.8) is 0 Å². The number of methoxy groups -OCH3 is 1. The Hall–Kier alpha value is -0.610. The Morgan fingerprint density at radius 2 is 2.21 bits per heavy atom. The number of ether oxygens (including phenoxy) is 1. The molecular weight excluding hydrogens is 180 g/mol. The molecule has 1 aliphatic rings. The predicted octanol–water partition coefficient (Wildman–Crippen LogP) is 0.233. The molecule has 0 aromatic rings. The molecule has 4 nitrogen and oxygen atoms in total. The van der Waals surface area contributed by atoms with Gasteiger partial charge in [0.05, 0.1) is 7.11 Å². The van der Waals surface area contributed by atoms with Gasteiger partial charge in [-0.15, -0.1) is 0 Å². The zero-order valence-electron chi connectivity index (χ0n) is 9.30. The molecule has 1 atom stereocenters. The van der Waals surface area contributed by atoms with Crippen molar-refractivity contribution in [1.29, 1.82) is 0 Å². The molecule has 0 amide bonds. The smallest absolute Gasteiger partial charge is 0.327 e. The zero-order valence-corrected chi connectivity index (χ0v) is 9.30. The van der Waals surface area contributed by atoms with Crippen LogP contribution in [0.1, 0.15) is 19.3 Å². The van der Waals surface area contributed by atoms with Crippen molar-refractivity contribution in [3.8, 4) is 0 Å². The highest BCUT2D eigenvalue weighted by atomic mass is 16.5. The normalized spacial score (nSPS) is 27.7. The van der Waals surface area contributed by atoms with Crippen molar-refractivity contribution in [2.24, 2.45) is 0 Å². The summed E-state index contributed by atoms with van der Waals surface area (Å²) in [5.74, 6) is -0.133. The fourth-order valence-electron chi connectivity index (χ4n) is 2.08. The Labute approximate surface area is 85.6 Å². The predicted molar refractivity (Wildman–Crippen MR) is 55.2 cm³/mol. The summed E-state index contributed by atoms with van der Waals surface area (Å²) >= 11 is 0. The number of carbonyl (C=O) groups is 1. The number of rotatable bonds is 3. The van der Waals surface area contributed by atoms with Crippen LogP contribution in [0.4, 0.5) is 0 Å². The van der Waals surface area contributed by atoms with Crippen LogP contribution in [0.5, 0.6) is 0 Å². The maximum absolute atomic E-state index is 11.7. The second-order valence-corrected chi connectivity index (χ2v) is 4.20. The highest BCUT2D eigenvalue weighted by molar-refractivity contribution is 5.81. The molecule has 1 saturated heterocycles. The Kier molecular flexibility index (Phi) is 3.89. The first-order valence-electron chi connectivity index (χ1n) is 5.09. The van der Waals surface area contributed by atoms with Gasteiger partial charge in [0.25, 0.3) is 0 Å². The number of nitrogens with zero attached hydrogens (tertiary/aromatic N) is 1. The SMILES string of the molecule is COC(=O)C1(CN(C)C)CCCCN1. The van der Waals surface area contributed by atoms with Gasteiger partial charge in [0.1, 0.15) is 5.54 Å². The van der Waals surface area contributed by atoms with E-state index < -0.39 is 5.54 Å². The van der Waals surface area contributed by atoms with Crippen LogP contribution in [0.15, 0.2) is 0 Å². The van der Waals surface area contributed by atoms with E-state index in [9.17, 15) is 4.79 Å². The molecule has 4 heteroatoms. The first-order valence-corrected chi connectivity index (χ1v) is 5.09. The second-order valence-electron chi connectivity index (χ2n) is 4.20. The van der Waals surface area contributed by atoms with Crippen LogP contribution in [0.25, 0.3) is 0 Å². The van der Waals surface area contributed by atoms with Gasteiger partial charge in [-0.05, 0) is 39.9 Å². The molecule has 1 unspecified atom stereocenters. The summed E-state index contributed by atoms with van der Waals surface area (Å²) in [6.45, 7) is 1.61. The lowest BCUT2D eigenvalue weighted by Gasteiger charge is -2.37. The van der Waals surface area contributed by atoms with Gasteiger partial charge in [-0.3, -0.25) is 4.79 Å². The van der Waals surface area contributed by atoms with Gasteiger partial charge in [0.15, 0.2) is 0 Å². The van der Waals surface area contributed by atoms with Crippen molar-refractivity contribution in [2.75, 3.05) is 34.3 Å². The third-order valence-electron chi connectivity index (χ3n) is 2.66. The topological polar surface area (TPSA) is 41.6 Å². The van der Waals surface area contributed by atoms with Gasteiger partial charge in [-0.1, -0.05) is 0 Å². The molecule has 0 saturated carbocycles. The number of likely N-dealkylation sites (N-methyl/N-ethyl adjacent to an activating group) is 1. The third kappa shape index (κ3) is 2.45. The lowest BCUT2D eigenvalue weighted by Crippen LogP contribution is -2.60. The number of esters is 1. The van der Waals surface area contributed by atoms with E-state index in [4.69, 9.17) is 4.74 Å². The number of hydrogen-bond acceptors (Lipinski definition) is 4. The minimum atomic E-state index is -0.476. The minimum absolute atomic E-state index is 0.133. The van der Waals surface area contributed by atoms with E-state index in [0.29, 0.717) is 6.54 Å². The molecule has 82 valence electrons. The van der Waals surface area contributed by atoms with Gasteiger partial charge < -0.3 is 15.0 Å². The summed E-state index contributed by atoms with van der Waals surface area (Å²) in [5.41, 5.74) is -0.476. The van der Waals surface area contributed by atoms with Crippen molar-refractivity contribution >= 4 is 5.97 Å². The van der Waals surface area contributed by atoms with E-state index in [1.807, 2.05) is 19.0 Å².